The number of piperidine rings is 1. The quantitative estimate of drug-likeness (QED) is 0.401. The van der Waals surface area contributed by atoms with Crippen LogP contribution in [0.5, 0.6) is 0 Å². The van der Waals surface area contributed by atoms with Gasteiger partial charge in [-0.2, -0.15) is 13.2 Å². The zero-order valence-electron chi connectivity index (χ0n) is 20.8. The zero-order chi connectivity index (χ0) is 28.2. The van der Waals surface area contributed by atoms with E-state index in [4.69, 9.17) is 0 Å². The Bertz CT molecular complexity index is 1450. The van der Waals surface area contributed by atoms with Crippen LogP contribution in [0.1, 0.15) is 24.0 Å². The van der Waals surface area contributed by atoms with Gasteiger partial charge in [0.05, 0.1) is 29.4 Å². The third-order valence-corrected chi connectivity index (χ3v) is 6.70. The molecule has 0 aliphatic carbocycles. The van der Waals surface area contributed by atoms with Crippen LogP contribution in [0.3, 0.4) is 0 Å². The normalized spacial score (nSPS) is 16.2. The Morgan fingerprint density at radius 2 is 1.85 bits per heavy atom. The Labute approximate surface area is 223 Å². The first kappa shape index (κ1) is 28.0. The van der Waals surface area contributed by atoms with Crippen LogP contribution in [0, 0.1) is 0 Å². The van der Waals surface area contributed by atoms with Gasteiger partial charge < -0.3 is 15.5 Å². The van der Waals surface area contributed by atoms with Gasteiger partial charge in [0.1, 0.15) is 6.04 Å². The number of nitrogens with one attached hydrogen (secondary N) is 3. The van der Waals surface area contributed by atoms with Gasteiger partial charge in [-0.3, -0.25) is 9.78 Å². The molecule has 39 heavy (non-hydrogen) atoms. The van der Waals surface area contributed by atoms with Gasteiger partial charge >= 0.3 is 12.2 Å². The van der Waals surface area contributed by atoms with Crippen LogP contribution in [0.25, 0.3) is 11.3 Å². The third-order valence-electron chi connectivity index (χ3n) is 6.03. The number of rotatable bonds is 7. The molecule has 2 aromatic carbocycles. The number of carbonyl (C=O) groups excluding carboxylic acids is 2. The molecule has 1 saturated heterocycles. The van der Waals surface area contributed by atoms with Crippen molar-refractivity contribution in [2.75, 3.05) is 23.0 Å². The second-order valence-corrected chi connectivity index (χ2v) is 10.9. The van der Waals surface area contributed by atoms with Crippen LogP contribution >= 0.6 is 0 Å². The number of hydrogen-bond donors (Lipinski definition) is 3. The Kier molecular flexibility index (Phi) is 8.21. The summed E-state index contributed by atoms with van der Waals surface area (Å²) in [6.45, 7) is 0.582. The van der Waals surface area contributed by atoms with Crippen LogP contribution in [0.15, 0.2) is 66.9 Å². The monoisotopic (exact) mass is 561 g/mol. The maximum atomic E-state index is 13.1. The minimum Gasteiger partial charge on any atom is -0.326 e. The van der Waals surface area contributed by atoms with Crippen molar-refractivity contribution in [2.24, 2.45) is 0 Å². The zero-order valence-corrected chi connectivity index (χ0v) is 21.6. The van der Waals surface area contributed by atoms with E-state index in [1.54, 1.807) is 30.5 Å². The molecule has 1 fully saturated rings. The molecule has 3 amide bonds. The average Bonchev–Trinajstić information content (AvgIpc) is 2.88. The van der Waals surface area contributed by atoms with E-state index in [1.165, 1.54) is 4.90 Å². The first-order valence-electron chi connectivity index (χ1n) is 12.0. The van der Waals surface area contributed by atoms with Gasteiger partial charge in [0, 0.05) is 24.3 Å². The van der Waals surface area contributed by atoms with Crippen LogP contribution in [-0.2, 0) is 27.5 Å². The maximum Gasteiger partial charge on any atom is 0.416 e. The van der Waals surface area contributed by atoms with E-state index in [9.17, 15) is 31.2 Å². The van der Waals surface area contributed by atoms with Crippen molar-refractivity contribution in [3.63, 3.8) is 0 Å². The lowest BCUT2D eigenvalue weighted by atomic mass is 10.0. The van der Waals surface area contributed by atoms with E-state index < -0.39 is 33.8 Å². The van der Waals surface area contributed by atoms with Crippen molar-refractivity contribution in [3.8, 4) is 11.3 Å². The number of halogens is 3. The minimum atomic E-state index is -4.48. The molecule has 1 aromatic heterocycles. The van der Waals surface area contributed by atoms with Gasteiger partial charge in [-0.1, -0.05) is 18.2 Å². The number of carbonyl (C=O) groups is 2. The van der Waals surface area contributed by atoms with Gasteiger partial charge in [-0.05, 0) is 60.9 Å². The van der Waals surface area contributed by atoms with Crippen LogP contribution in [0.2, 0.25) is 0 Å². The van der Waals surface area contributed by atoms with E-state index in [0.717, 1.165) is 41.6 Å². The lowest BCUT2D eigenvalue weighted by Gasteiger charge is -2.32. The molecule has 0 unspecified atom stereocenters. The van der Waals surface area contributed by atoms with E-state index in [2.05, 4.69) is 20.3 Å². The van der Waals surface area contributed by atoms with Gasteiger partial charge in [0.2, 0.25) is 15.9 Å². The number of sulfonamides is 1. The Morgan fingerprint density at radius 3 is 2.49 bits per heavy atom. The summed E-state index contributed by atoms with van der Waals surface area (Å²) in [5.41, 5.74) is 2.06. The van der Waals surface area contributed by atoms with E-state index in [-0.39, 0.29) is 18.1 Å². The number of benzene rings is 2. The molecule has 206 valence electrons. The number of urea groups is 1. The number of alkyl halides is 3. The van der Waals surface area contributed by atoms with Gasteiger partial charge in [-0.25, -0.2) is 17.9 Å². The first-order chi connectivity index (χ1) is 18.4. The summed E-state index contributed by atoms with van der Waals surface area (Å²) in [6.07, 6.45) is -0.804. The van der Waals surface area contributed by atoms with Gasteiger partial charge in [0.15, 0.2) is 0 Å². The minimum absolute atomic E-state index is 0.147. The van der Waals surface area contributed by atoms with E-state index in [0.29, 0.717) is 30.8 Å². The highest BCUT2D eigenvalue weighted by Crippen LogP contribution is 2.30. The van der Waals surface area contributed by atoms with Crippen molar-refractivity contribution in [1.29, 1.82) is 0 Å². The van der Waals surface area contributed by atoms with E-state index >= 15 is 0 Å². The molecule has 9 nitrogen and oxygen atoms in total. The Hall–Kier alpha value is -3.97. The summed E-state index contributed by atoms with van der Waals surface area (Å²) in [4.78, 5) is 31.5. The molecule has 2 heterocycles. The highest BCUT2D eigenvalue weighted by Gasteiger charge is 2.32. The lowest BCUT2D eigenvalue weighted by molar-refractivity contribution is -0.137. The largest absolute Gasteiger partial charge is 0.416 e. The predicted octanol–water partition coefficient (Wildman–Crippen LogP) is 4.13. The Balaban J connectivity index is 1.38. The van der Waals surface area contributed by atoms with Crippen molar-refractivity contribution in [1.82, 2.24) is 15.0 Å². The number of pyridine rings is 1. The number of anilines is 2. The highest BCUT2D eigenvalue weighted by molar-refractivity contribution is 7.88. The summed E-state index contributed by atoms with van der Waals surface area (Å²) >= 11 is 0. The summed E-state index contributed by atoms with van der Waals surface area (Å²) < 4.78 is 63.4. The van der Waals surface area contributed by atoms with E-state index in [1.807, 2.05) is 12.1 Å². The third kappa shape index (κ3) is 7.54. The summed E-state index contributed by atoms with van der Waals surface area (Å²) in [6, 6.07) is 13.2. The maximum absolute atomic E-state index is 13.1. The molecule has 1 aliphatic rings. The molecule has 0 saturated carbocycles. The fraction of sp³-hybridized carbons (Fsp3) is 0.269. The highest BCUT2D eigenvalue weighted by atomic mass is 32.2. The molecule has 4 rings (SSSR count). The van der Waals surface area contributed by atoms with Crippen LogP contribution in [0.4, 0.5) is 29.3 Å². The standard InChI is InChI=1S/C26H26F3N5O4S/c1-39(37,38)31-15-17-4-2-5-18(14-17)22-12-11-21(16-30-22)34-13-3-6-23(24(34)35)33-25(36)32-20-9-7-19(8-10-20)26(27,28)29/h2,4-5,7-12,14,16,23,31H,3,6,13,15H2,1H3,(H2,32,33,36)/t23-/m1/s1. The summed E-state index contributed by atoms with van der Waals surface area (Å²) in [7, 11) is -3.33. The molecular formula is C26H26F3N5O4S. The topological polar surface area (TPSA) is 121 Å². The van der Waals surface area contributed by atoms with Crippen molar-refractivity contribution < 1.29 is 31.2 Å². The number of hydrogen-bond acceptors (Lipinski definition) is 5. The fourth-order valence-electron chi connectivity index (χ4n) is 4.11. The predicted molar refractivity (Wildman–Crippen MR) is 140 cm³/mol. The first-order valence-corrected chi connectivity index (χ1v) is 13.8. The summed E-state index contributed by atoms with van der Waals surface area (Å²) in [5, 5.41) is 5.05. The molecule has 3 aromatic rings. The van der Waals surface area contributed by atoms with Gasteiger partial charge in [-0.15, -0.1) is 0 Å². The Morgan fingerprint density at radius 1 is 1.10 bits per heavy atom. The van der Waals surface area contributed by atoms with Crippen molar-refractivity contribution in [3.05, 3.63) is 78.0 Å². The van der Waals surface area contributed by atoms with Gasteiger partial charge in [0.25, 0.3) is 0 Å². The average molecular weight is 562 g/mol. The van der Waals surface area contributed by atoms with Crippen molar-refractivity contribution >= 4 is 33.3 Å². The van der Waals surface area contributed by atoms with Crippen LogP contribution in [-0.4, -0.2) is 44.2 Å². The number of amides is 3. The van der Waals surface area contributed by atoms with Crippen LogP contribution < -0.4 is 20.3 Å². The lowest BCUT2D eigenvalue weighted by Crippen LogP contribution is -2.53. The number of aromatic nitrogens is 1. The number of nitrogens with zero attached hydrogens (tertiary/aromatic N) is 2. The molecule has 13 heteroatoms. The smallest absolute Gasteiger partial charge is 0.326 e. The SMILES string of the molecule is CS(=O)(=O)NCc1cccc(-c2ccc(N3CCC[C@@H](NC(=O)Nc4ccc(C(F)(F)F)cc4)C3=O)cn2)c1. The second-order valence-electron chi connectivity index (χ2n) is 9.05. The molecule has 1 aliphatic heterocycles. The molecule has 0 bridgehead atoms. The fourth-order valence-corrected chi connectivity index (χ4v) is 4.53. The molecule has 3 N–H and O–H groups in total. The molecule has 0 spiro atoms. The molecular weight excluding hydrogens is 535 g/mol. The summed E-state index contributed by atoms with van der Waals surface area (Å²) in [5.74, 6) is -0.327. The molecule has 1 atom stereocenters. The second kappa shape index (κ2) is 11.4. The molecule has 0 radical (unpaired) electrons. The van der Waals surface area contributed by atoms with Crippen molar-refractivity contribution in [2.45, 2.75) is 31.6 Å².